The first-order valence-electron chi connectivity index (χ1n) is 31.5. The van der Waals surface area contributed by atoms with Crippen LogP contribution in [0.5, 0.6) is 0 Å². The first-order valence-corrected chi connectivity index (χ1v) is 33.0. The van der Waals surface area contributed by atoms with Crippen LogP contribution in [0.4, 0.5) is 0 Å². The van der Waals surface area contributed by atoms with Crippen molar-refractivity contribution < 1.29 is 42.1 Å². The van der Waals surface area contributed by atoms with E-state index in [1.807, 2.05) is 21.1 Å². The Morgan fingerprint density at radius 2 is 0.659 bits per heavy atom. The molecule has 2 unspecified atom stereocenters. The third-order valence-electron chi connectivity index (χ3n) is 12.4. The fourth-order valence-corrected chi connectivity index (χ4v) is 8.38. The molecule has 460 valence electrons. The molecule has 0 amide bonds. The molecule has 0 aliphatic carbocycles. The highest BCUT2D eigenvalue weighted by molar-refractivity contribution is 7.45. The summed E-state index contributed by atoms with van der Waals surface area (Å²) in [6, 6.07) is 0. The van der Waals surface area contributed by atoms with Crippen LogP contribution in [0.15, 0.2) is 182 Å². The number of allylic oxidation sites excluding steroid dienone is 30. The zero-order valence-electron chi connectivity index (χ0n) is 52.1. The molecule has 0 saturated carbocycles. The molecule has 82 heavy (non-hydrogen) atoms. The Labute approximate surface area is 501 Å². The predicted molar refractivity (Wildman–Crippen MR) is 350 cm³/mol. The number of hydrogen-bond donors (Lipinski definition) is 0. The second-order valence-corrected chi connectivity index (χ2v) is 22.7. The minimum atomic E-state index is -4.66. The van der Waals surface area contributed by atoms with Gasteiger partial charge in [-0.25, -0.2) is 0 Å². The maximum absolute atomic E-state index is 12.8. The highest BCUT2D eigenvalue weighted by Crippen LogP contribution is 2.38. The zero-order valence-corrected chi connectivity index (χ0v) is 53.0. The molecular formula is C72H114NO8P. The average Bonchev–Trinajstić information content (AvgIpc) is 3.46. The lowest BCUT2D eigenvalue weighted by Crippen LogP contribution is -2.37. The number of phosphoric acid groups is 1. The minimum absolute atomic E-state index is 0.0490. The largest absolute Gasteiger partial charge is 0.756 e. The summed E-state index contributed by atoms with van der Waals surface area (Å²) in [5, 5.41) is 0. The topological polar surface area (TPSA) is 111 Å². The molecule has 0 N–H and O–H groups in total. The molecule has 0 aromatic carbocycles. The van der Waals surface area contributed by atoms with Crippen molar-refractivity contribution in [3.63, 3.8) is 0 Å². The summed E-state index contributed by atoms with van der Waals surface area (Å²) >= 11 is 0. The van der Waals surface area contributed by atoms with Gasteiger partial charge >= 0.3 is 11.9 Å². The Hall–Kier alpha value is -4.89. The van der Waals surface area contributed by atoms with Crippen LogP contribution in [-0.2, 0) is 32.7 Å². The van der Waals surface area contributed by atoms with E-state index in [0.29, 0.717) is 23.9 Å². The summed E-state index contributed by atoms with van der Waals surface area (Å²) < 4.78 is 34.2. The maximum Gasteiger partial charge on any atom is 0.306 e. The molecule has 9 nitrogen and oxygen atoms in total. The van der Waals surface area contributed by atoms with Crippen molar-refractivity contribution in [2.75, 3.05) is 47.5 Å². The van der Waals surface area contributed by atoms with Crippen molar-refractivity contribution in [3.05, 3.63) is 182 Å². The van der Waals surface area contributed by atoms with Crippen molar-refractivity contribution in [2.45, 2.75) is 213 Å². The van der Waals surface area contributed by atoms with E-state index in [-0.39, 0.29) is 26.1 Å². The first kappa shape index (κ1) is 77.1. The van der Waals surface area contributed by atoms with E-state index >= 15 is 0 Å². The van der Waals surface area contributed by atoms with Crippen LogP contribution in [0.2, 0.25) is 0 Å². The van der Waals surface area contributed by atoms with E-state index < -0.39 is 32.5 Å². The van der Waals surface area contributed by atoms with Crippen molar-refractivity contribution >= 4 is 19.8 Å². The number of esters is 2. The Bertz CT molecular complexity index is 2030. The minimum Gasteiger partial charge on any atom is -0.756 e. The molecule has 0 radical (unpaired) electrons. The Balaban J connectivity index is 4.28. The molecule has 0 bridgehead atoms. The number of quaternary nitrogens is 1. The second-order valence-electron chi connectivity index (χ2n) is 21.3. The van der Waals surface area contributed by atoms with Gasteiger partial charge in [-0.1, -0.05) is 241 Å². The summed E-state index contributed by atoms with van der Waals surface area (Å²) in [6.45, 7) is 3.94. The number of carbonyl (C=O) groups is 2. The number of hydrogen-bond acceptors (Lipinski definition) is 8. The highest BCUT2D eigenvalue weighted by atomic mass is 31.2. The lowest BCUT2D eigenvalue weighted by molar-refractivity contribution is -0.870. The third kappa shape index (κ3) is 64.3. The van der Waals surface area contributed by atoms with Gasteiger partial charge < -0.3 is 27.9 Å². The van der Waals surface area contributed by atoms with Gasteiger partial charge in [-0.3, -0.25) is 14.2 Å². The van der Waals surface area contributed by atoms with Gasteiger partial charge in [-0.15, -0.1) is 0 Å². The third-order valence-corrected chi connectivity index (χ3v) is 13.4. The van der Waals surface area contributed by atoms with Gasteiger partial charge in [-0.05, 0) is 135 Å². The second kappa shape index (κ2) is 60.7. The van der Waals surface area contributed by atoms with Gasteiger partial charge in [0.15, 0.2) is 6.10 Å². The molecule has 0 heterocycles. The van der Waals surface area contributed by atoms with Crippen LogP contribution >= 0.6 is 7.82 Å². The van der Waals surface area contributed by atoms with Crippen LogP contribution in [0.1, 0.15) is 206 Å². The Morgan fingerprint density at radius 3 is 0.976 bits per heavy atom. The monoisotopic (exact) mass is 1150 g/mol. The molecule has 0 aromatic heterocycles. The average molecular weight is 1150 g/mol. The van der Waals surface area contributed by atoms with Gasteiger partial charge in [0.25, 0.3) is 7.82 Å². The van der Waals surface area contributed by atoms with Crippen LogP contribution in [0.3, 0.4) is 0 Å². The van der Waals surface area contributed by atoms with Crippen LogP contribution in [0.25, 0.3) is 0 Å². The maximum atomic E-state index is 12.8. The number of rotatable bonds is 55. The lowest BCUT2D eigenvalue weighted by Gasteiger charge is -2.28. The molecule has 0 saturated heterocycles. The number of ether oxygens (including phenoxy) is 2. The summed E-state index contributed by atoms with van der Waals surface area (Å²) in [7, 11) is 1.11. The van der Waals surface area contributed by atoms with Crippen molar-refractivity contribution in [1.29, 1.82) is 0 Å². The Kier molecular flexibility index (Phi) is 57.1. The Morgan fingerprint density at radius 1 is 0.378 bits per heavy atom. The summed E-state index contributed by atoms with van der Waals surface area (Å²) in [6.07, 6.45) is 93.7. The van der Waals surface area contributed by atoms with E-state index in [1.165, 1.54) is 0 Å². The van der Waals surface area contributed by atoms with Crippen LogP contribution in [-0.4, -0.2) is 70.0 Å². The van der Waals surface area contributed by atoms with Crippen LogP contribution in [0, 0.1) is 0 Å². The van der Waals surface area contributed by atoms with E-state index in [0.717, 1.165) is 167 Å². The number of phosphoric ester groups is 1. The molecule has 0 aliphatic heterocycles. The van der Waals surface area contributed by atoms with Crippen LogP contribution < -0.4 is 4.89 Å². The molecule has 0 aliphatic rings. The first-order chi connectivity index (χ1) is 40.0. The van der Waals surface area contributed by atoms with E-state index in [2.05, 4.69) is 196 Å². The fourth-order valence-electron chi connectivity index (χ4n) is 7.65. The normalized spacial score (nSPS) is 14.5. The number of likely N-dealkylation sites (N-methyl/N-ethyl adjacent to an activating group) is 1. The van der Waals surface area contributed by atoms with Crippen molar-refractivity contribution in [3.8, 4) is 0 Å². The molecule has 0 spiro atoms. The standard InChI is InChI=1S/C72H114NO8P/c1-6-8-10-12-14-16-18-20-22-24-26-28-30-32-33-34-35-36-37-38-39-41-43-45-47-49-51-53-55-57-59-61-63-65-72(75)81-70(69-80-82(76,77)79-67-66-73(3,4)5)68-78-71(74)64-62-60-58-56-54-52-50-48-46-44-42-40-31-29-27-25-23-21-19-17-15-13-11-9-7-2/h8-11,14-17,20-23,26-29,32-33,35-36,38-40,42-43,45-46,48-49,51,70H,6-7,12-13,18-19,24-25,30-31,34,37,41,44,47,50,52-69H2,1-5H3/b10-8-,11-9-,16-14-,17-15-,22-20-,23-21-,28-26-,29-27-,33-32-,36-35-,39-38-,42-40-,45-43-,48-46-,51-49-. The molecule has 2 atom stereocenters. The van der Waals surface area contributed by atoms with E-state index in [4.69, 9.17) is 18.5 Å². The number of nitrogens with zero attached hydrogens (tertiary/aromatic N) is 1. The van der Waals surface area contributed by atoms with E-state index in [1.54, 1.807) is 0 Å². The van der Waals surface area contributed by atoms with Crippen molar-refractivity contribution in [1.82, 2.24) is 0 Å². The predicted octanol–water partition coefficient (Wildman–Crippen LogP) is 19.7. The van der Waals surface area contributed by atoms with E-state index in [9.17, 15) is 19.0 Å². The summed E-state index contributed by atoms with van der Waals surface area (Å²) in [5.74, 6) is -0.889. The summed E-state index contributed by atoms with van der Waals surface area (Å²) in [4.78, 5) is 38.0. The zero-order chi connectivity index (χ0) is 59.8. The van der Waals surface area contributed by atoms with Gasteiger partial charge in [0.1, 0.15) is 19.8 Å². The molecule has 0 fully saturated rings. The smallest absolute Gasteiger partial charge is 0.306 e. The van der Waals surface area contributed by atoms with Gasteiger partial charge in [0, 0.05) is 12.8 Å². The summed E-state index contributed by atoms with van der Waals surface area (Å²) in [5.41, 5.74) is 0. The molecular weight excluding hydrogens is 1040 g/mol. The quantitative estimate of drug-likeness (QED) is 0.0195. The molecule has 0 aromatic rings. The lowest BCUT2D eigenvalue weighted by atomic mass is 10.1. The van der Waals surface area contributed by atoms with Crippen molar-refractivity contribution in [2.24, 2.45) is 0 Å². The van der Waals surface area contributed by atoms with Gasteiger partial charge in [0.2, 0.25) is 0 Å². The SMILES string of the molecule is CC/C=C\C/C=C\C/C=C\C/C=C\C/C=C\C/C=C\C/C=C\C/C=C\C/C=C\CCCCCCCC(=O)OC(COC(=O)CCCCCCCC/C=C\C/C=C\C/C=C\C/C=C\C/C=C\C/C=C\CC)COP(=O)([O-])OCC[N+](C)(C)C. The number of unbranched alkanes of at least 4 members (excludes halogenated alkanes) is 11. The molecule has 0 rings (SSSR count). The highest BCUT2D eigenvalue weighted by Gasteiger charge is 2.21. The van der Waals surface area contributed by atoms with Gasteiger partial charge in [-0.2, -0.15) is 0 Å². The molecule has 10 heteroatoms. The number of carbonyl (C=O) groups excluding carboxylic acids is 2. The fraction of sp³-hybridized carbons (Fsp3) is 0.556. The van der Waals surface area contributed by atoms with Gasteiger partial charge in [0.05, 0.1) is 27.7 Å².